The van der Waals surface area contributed by atoms with Crippen molar-refractivity contribution in [2.45, 2.75) is 31.1 Å². The topological polar surface area (TPSA) is 24.9 Å². The number of nitrogens with zero attached hydrogens (tertiary/aromatic N) is 1. The van der Waals surface area contributed by atoms with Crippen molar-refractivity contribution in [3.05, 3.63) is 16.6 Å². The molecule has 0 radical (unpaired) electrons. The Morgan fingerprint density at radius 3 is 3.07 bits per heavy atom. The summed E-state index contributed by atoms with van der Waals surface area (Å²) in [7, 11) is 0. The maximum Gasteiger partial charge on any atom is 0.114 e. The summed E-state index contributed by atoms with van der Waals surface area (Å²) in [5.41, 5.74) is 0.160. The fourth-order valence-corrected chi connectivity index (χ4v) is 4.28. The summed E-state index contributed by atoms with van der Waals surface area (Å²) in [4.78, 5) is 4.47. The molecule has 2 rings (SSSR count). The van der Waals surface area contributed by atoms with Gasteiger partial charge in [-0.15, -0.1) is 11.3 Å². The molecule has 1 aromatic heterocycles. The Bertz CT molecular complexity index is 282. The molecule has 1 fully saturated rings. The van der Waals surface area contributed by atoms with E-state index >= 15 is 0 Å². The first-order valence-electron chi connectivity index (χ1n) is 5.03. The van der Waals surface area contributed by atoms with Gasteiger partial charge in [-0.1, -0.05) is 13.8 Å². The molecule has 1 N–H and O–H groups in total. The molecule has 1 aromatic rings. The second-order valence-corrected chi connectivity index (χ2v) is 6.10. The SMILES string of the molecule is CCNC1(c2nccs2)CSC(C)C1. The molecule has 4 heteroatoms. The normalized spacial score (nSPS) is 32.3. The third-order valence-electron chi connectivity index (χ3n) is 2.61. The summed E-state index contributed by atoms with van der Waals surface area (Å²) < 4.78 is 0. The molecule has 0 bridgehead atoms. The van der Waals surface area contributed by atoms with Crippen LogP contribution in [0, 0.1) is 0 Å². The van der Waals surface area contributed by atoms with Crippen LogP contribution in [-0.2, 0) is 5.54 Å². The summed E-state index contributed by atoms with van der Waals surface area (Å²) in [6.45, 7) is 5.49. The highest BCUT2D eigenvalue weighted by Gasteiger charge is 2.40. The largest absolute Gasteiger partial charge is 0.305 e. The summed E-state index contributed by atoms with van der Waals surface area (Å²) in [6, 6.07) is 0. The maximum absolute atomic E-state index is 4.47. The minimum atomic E-state index is 0.160. The third-order valence-corrected chi connectivity index (χ3v) is 4.98. The van der Waals surface area contributed by atoms with Crippen LogP contribution in [0.1, 0.15) is 25.3 Å². The molecular formula is C10H16N2S2. The number of rotatable bonds is 3. The van der Waals surface area contributed by atoms with Gasteiger partial charge < -0.3 is 5.32 Å². The first-order chi connectivity index (χ1) is 6.77. The van der Waals surface area contributed by atoms with Gasteiger partial charge in [0, 0.05) is 22.6 Å². The summed E-state index contributed by atoms with van der Waals surface area (Å²) >= 11 is 3.82. The number of aromatic nitrogens is 1. The number of hydrogen-bond acceptors (Lipinski definition) is 4. The Kier molecular flexibility index (Phi) is 3.14. The van der Waals surface area contributed by atoms with Gasteiger partial charge in [0.2, 0.25) is 0 Å². The zero-order chi connectivity index (χ0) is 10.0. The van der Waals surface area contributed by atoms with E-state index in [1.807, 2.05) is 18.0 Å². The Hall–Kier alpha value is -0.0600. The Morgan fingerprint density at radius 2 is 2.57 bits per heavy atom. The molecule has 78 valence electrons. The van der Waals surface area contributed by atoms with E-state index in [4.69, 9.17) is 0 Å². The average Bonchev–Trinajstić information content (AvgIpc) is 2.75. The monoisotopic (exact) mass is 228 g/mol. The van der Waals surface area contributed by atoms with Crippen molar-refractivity contribution in [3.63, 3.8) is 0 Å². The van der Waals surface area contributed by atoms with Gasteiger partial charge in [0.05, 0.1) is 5.54 Å². The van der Waals surface area contributed by atoms with Crippen molar-refractivity contribution in [2.75, 3.05) is 12.3 Å². The fourth-order valence-electron chi connectivity index (χ4n) is 2.04. The van der Waals surface area contributed by atoms with Gasteiger partial charge in [-0.25, -0.2) is 4.98 Å². The van der Waals surface area contributed by atoms with E-state index in [1.54, 1.807) is 11.3 Å². The van der Waals surface area contributed by atoms with Gasteiger partial charge in [-0.05, 0) is 13.0 Å². The molecule has 2 atom stereocenters. The van der Waals surface area contributed by atoms with Crippen molar-refractivity contribution in [1.82, 2.24) is 10.3 Å². The first kappa shape index (κ1) is 10.5. The van der Waals surface area contributed by atoms with Crippen molar-refractivity contribution < 1.29 is 0 Å². The molecule has 0 amide bonds. The zero-order valence-electron chi connectivity index (χ0n) is 8.62. The molecule has 1 aliphatic heterocycles. The van der Waals surface area contributed by atoms with Gasteiger partial charge in [-0.2, -0.15) is 11.8 Å². The summed E-state index contributed by atoms with van der Waals surface area (Å²) in [6.07, 6.45) is 3.12. The highest BCUT2D eigenvalue weighted by Crippen LogP contribution is 2.41. The molecule has 1 aliphatic rings. The molecular weight excluding hydrogens is 212 g/mol. The molecule has 2 heterocycles. The molecule has 0 aromatic carbocycles. The van der Waals surface area contributed by atoms with Gasteiger partial charge in [-0.3, -0.25) is 0 Å². The van der Waals surface area contributed by atoms with E-state index < -0.39 is 0 Å². The predicted molar refractivity (Wildman–Crippen MR) is 64.0 cm³/mol. The quantitative estimate of drug-likeness (QED) is 0.860. The van der Waals surface area contributed by atoms with E-state index in [2.05, 4.69) is 29.5 Å². The summed E-state index contributed by atoms with van der Waals surface area (Å²) in [5.74, 6) is 1.16. The molecule has 0 spiro atoms. The van der Waals surface area contributed by atoms with Crippen LogP contribution in [0.25, 0.3) is 0 Å². The zero-order valence-corrected chi connectivity index (χ0v) is 10.3. The van der Waals surface area contributed by atoms with E-state index in [9.17, 15) is 0 Å². The minimum absolute atomic E-state index is 0.160. The highest BCUT2D eigenvalue weighted by atomic mass is 32.2. The van der Waals surface area contributed by atoms with Crippen molar-refractivity contribution >= 4 is 23.1 Å². The third kappa shape index (κ3) is 1.83. The van der Waals surface area contributed by atoms with Gasteiger partial charge in [0.1, 0.15) is 5.01 Å². The van der Waals surface area contributed by atoms with Crippen LogP contribution in [0.5, 0.6) is 0 Å². The lowest BCUT2D eigenvalue weighted by Gasteiger charge is -2.27. The van der Waals surface area contributed by atoms with Crippen LogP contribution in [0.2, 0.25) is 0 Å². The Labute approximate surface area is 93.5 Å². The smallest absolute Gasteiger partial charge is 0.114 e. The molecule has 2 nitrogen and oxygen atoms in total. The average molecular weight is 228 g/mol. The van der Waals surface area contributed by atoms with Crippen LogP contribution in [0.3, 0.4) is 0 Å². The lowest BCUT2D eigenvalue weighted by Crippen LogP contribution is -2.42. The molecule has 0 saturated carbocycles. The van der Waals surface area contributed by atoms with Crippen molar-refractivity contribution in [2.24, 2.45) is 0 Å². The first-order valence-corrected chi connectivity index (χ1v) is 6.96. The van der Waals surface area contributed by atoms with Crippen LogP contribution in [0.4, 0.5) is 0 Å². The second kappa shape index (κ2) is 4.21. The number of hydrogen-bond donors (Lipinski definition) is 1. The van der Waals surface area contributed by atoms with Crippen LogP contribution in [0.15, 0.2) is 11.6 Å². The van der Waals surface area contributed by atoms with E-state index in [1.165, 1.54) is 11.4 Å². The lowest BCUT2D eigenvalue weighted by atomic mass is 9.97. The highest BCUT2D eigenvalue weighted by molar-refractivity contribution is 8.00. The van der Waals surface area contributed by atoms with Crippen LogP contribution < -0.4 is 5.32 Å². The summed E-state index contributed by atoms with van der Waals surface area (Å²) in [5, 5.41) is 7.70. The van der Waals surface area contributed by atoms with Crippen molar-refractivity contribution in [3.8, 4) is 0 Å². The maximum atomic E-state index is 4.47. The van der Waals surface area contributed by atoms with Crippen molar-refractivity contribution in [1.29, 1.82) is 0 Å². The number of thiazole rings is 1. The Morgan fingerprint density at radius 1 is 1.71 bits per heavy atom. The van der Waals surface area contributed by atoms with Crippen LogP contribution in [-0.4, -0.2) is 22.5 Å². The van der Waals surface area contributed by atoms with Gasteiger partial charge in [0.15, 0.2) is 0 Å². The molecule has 1 saturated heterocycles. The van der Waals surface area contributed by atoms with Crippen LogP contribution >= 0.6 is 23.1 Å². The van der Waals surface area contributed by atoms with E-state index in [-0.39, 0.29) is 5.54 Å². The lowest BCUT2D eigenvalue weighted by molar-refractivity contribution is 0.371. The molecule has 0 aliphatic carbocycles. The number of nitrogens with one attached hydrogen (secondary N) is 1. The second-order valence-electron chi connectivity index (χ2n) is 3.78. The minimum Gasteiger partial charge on any atom is -0.305 e. The molecule has 2 unspecified atom stereocenters. The van der Waals surface area contributed by atoms with E-state index in [0.29, 0.717) is 0 Å². The predicted octanol–water partition coefficient (Wildman–Crippen LogP) is 2.47. The van der Waals surface area contributed by atoms with Gasteiger partial charge in [0.25, 0.3) is 0 Å². The molecule has 14 heavy (non-hydrogen) atoms. The Balaban J connectivity index is 2.23. The fraction of sp³-hybridized carbons (Fsp3) is 0.700. The van der Waals surface area contributed by atoms with E-state index in [0.717, 1.165) is 17.5 Å². The standard InChI is InChI=1S/C10H16N2S2/c1-3-12-10(6-8(2)14-7-10)9-11-4-5-13-9/h4-5,8,12H,3,6-7H2,1-2H3. The number of thioether (sulfide) groups is 1. The van der Waals surface area contributed by atoms with Gasteiger partial charge >= 0.3 is 0 Å².